The fourth-order valence-corrected chi connectivity index (χ4v) is 4.37. The molecule has 0 bridgehead atoms. The van der Waals surface area contributed by atoms with Crippen LogP contribution in [0.15, 0.2) is 22.7 Å². The minimum absolute atomic E-state index is 0.144. The van der Waals surface area contributed by atoms with Crippen LogP contribution < -0.4 is 5.32 Å². The van der Waals surface area contributed by atoms with E-state index >= 15 is 0 Å². The molecule has 0 aliphatic carbocycles. The number of benzene rings is 1. The molecule has 2 unspecified atom stereocenters. The molecule has 6 heteroatoms. The molecule has 4 nitrogen and oxygen atoms in total. The summed E-state index contributed by atoms with van der Waals surface area (Å²) in [4.78, 5) is 18.1. The van der Waals surface area contributed by atoms with Crippen LogP contribution in [0.3, 0.4) is 0 Å². The van der Waals surface area contributed by atoms with Gasteiger partial charge >= 0.3 is 0 Å². The normalized spacial score (nSPS) is 24.8. The van der Waals surface area contributed by atoms with Crippen LogP contribution in [-0.4, -0.2) is 41.0 Å². The zero-order valence-electron chi connectivity index (χ0n) is 12.7. The Bertz CT molecular complexity index is 760. The van der Waals surface area contributed by atoms with Gasteiger partial charge in [-0.2, -0.15) is 0 Å². The van der Waals surface area contributed by atoms with Crippen LogP contribution >= 0.6 is 15.9 Å². The van der Waals surface area contributed by atoms with E-state index in [1.54, 1.807) is 12.1 Å². The van der Waals surface area contributed by atoms with Gasteiger partial charge in [0, 0.05) is 28.5 Å². The highest BCUT2D eigenvalue weighted by Gasteiger charge is 2.36. The summed E-state index contributed by atoms with van der Waals surface area (Å²) in [5, 5.41) is 3.59. The summed E-state index contributed by atoms with van der Waals surface area (Å²) in [5.41, 5.74) is 1.05. The van der Waals surface area contributed by atoms with Crippen molar-refractivity contribution in [2.24, 2.45) is 0 Å². The van der Waals surface area contributed by atoms with E-state index in [9.17, 15) is 9.18 Å². The van der Waals surface area contributed by atoms with Crippen LogP contribution in [0.25, 0.3) is 10.9 Å². The lowest BCUT2D eigenvalue weighted by molar-refractivity contribution is 0.0911. The first-order valence-corrected chi connectivity index (χ1v) is 8.94. The molecule has 0 saturated carbocycles. The van der Waals surface area contributed by atoms with Gasteiger partial charge in [0.2, 0.25) is 0 Å². The molecule has 1 aromatic heterocycles. The van der Waals surface area contributed by atoms with Crippen molar-refractivity contribution in [2.75, 3.05) is 13.1 Å². The third kappa shape index (κ3) is 2.78. The Morgan fingerprint density at radius 2 is 2.13 bits per heavy atom. The van der Waals surface area contributed by atoms with Crippen molar-refractivity contribution in [2.45, 2.75) is 37.8 Å². The van der Waals surface area contributed by atoms with Gasteiger partial charge in [0.05, 0.1) is 5.52 Å². The average molecular weight is 380 g/mol. The number of aromatic nitrogens is 1. The summed E-state index contributed by atoms with van der Waals surface area (Å²) in [6, 6.07) is 5.45. The van der Waals surface area contributed by atoms with E-state index in [0.717, 1.165) is 25.9 Å². The van der Waals surface area contributed by atoms with Crippen LogP contribution in [0.1, 0.15) is 36.2 Å². The number of aromatic amines is 1. The number of H-pyrrole nitrogens is 1. The fraction of sp³-hybridized carbons (Fsp3) is 0.471. The predicted octanol–water partition coefficient (Wildman–Crippen LogP) is 3.43. The zero-order valence-corrected chi connectivity index (χ0v) is 14.3. The first-order valence-electron chi connectivity index (χ1n) is 8.14. The highest BCUT2D eigenvalue weighted by molar-refractivity contribution is 9.10. The van der Waals surface area contributed by atoms with E-state index in [0.29, 0.717) is 27.1 Å². The Hall–Kier alpha value is -1.40. The lowest BCUT2D eigenvalue weighted by Crippen LogP contribution is -2.46. The number of fused-ring (bicyclic) bond motifs is 2. The van der Waals surface area contributed by atoms with Gasteiger partial charge in [-0.1, -0.05) is 22.4 Å². The first-order chi connectivity index (χ1) is 11.1. The summed E-state index contributed by atoms with van der Waals surface area (Å²) in [6.07, 6.45) is 4.64. The molecule has 122 valence electrons. The van der Waals surface area contributed by atoms with E-state index in [1.807, 2.05) is 0 Å². The molecule has 2 atom stereocenters. The smallest absolute Gasteiger partial charge is 0.268 e. The average Bonchev–Trinajstić information content (AvgIpc) is 3.12. The van der Waals surface area contributed by atoms with Gasteiger partial charge in [0.25, 0.3) is 5.91 Å². The van der Waals surface area contributed by atoms with Crippen molar-refractivity contribution in [3.05, 3.63) is 34.2 Å². The Morgan fingerprint density at radius 3 is 3.00 bits per heavy atom. The molecule has 1 aromatic carbocycles. The second kappa shape index (κ2) is 5.91. The van der Waals surface area contributed by atoms with E-state index in [2.05, 4.69) is 31.1 Å². The molecule has 3 heterocycles. The van der Waals surface area contributed by atoms with E-state index in [4.69, 9.17) is 0 Å². The number of hydrogen-bond donors (Lipinski definition) is 2. The summed E-state index contributed by atoms with van der Waals surface area (Å²) in [7, 11) is 0. The largest absolute Gasteiger partial charge is 0.350 e. The molecule has 2 fully saturated rings. The van der Waals surface area contributed by atoms with Gasteiger partial charge in [0.15, 0.2) is 0 Å². The van der Waals surface area contributed by atoms with Crippen LogP contribution in [0.5, 0.6) is 0 Å². The number of carbonyl (C=O) groups excluding carboxylic acids is 1. The zero-order chi connectivity index (χ0) is 16.0. The van der Waals surface area contributed by atoms with Gasteiger partial charge in [0.1, 0.15) is 11.5 Å². The fourth-order valence-electron chi connectivity index (χ4n) is 3.94. The molecule has 23 heavy (non-hydrogen) atoms. The quantitative estimate of drug-likeness (QED) is 0.839. The molecule has 2 aliphatic heterocycles. The van der Waals surface area contributed by atoms with E-state index in [-0.39, 0.29) is 17.8 Å². The maximum absolute atomic E-state index is 14.0. The number of nitrogens with one attached hydrogen (secondary N) is 2. The molecule has 4 rings (SSSR count). The van der Waals surface area contributed by atoms with Crippen molar-refractivity contribution in [3.8, 4) is 0 Å². The highest BCUT2D eigenvalue weighted by Crippen LogP contribution is 2.28. The maximum Gasteiger partial charge on any atom is 0.268 e. The number of rotatable bonds is 2. The second-order valence-corrected chi connectivity index (χ2v) is 7.42. The van der Waals surface area contributed by atoms with Crippen molar-refractivity contribution in [3.63, 3.8) is 0 Å². The predicted molar refractivity (Wildman–Crippen MR) is 91.0 cm³/mol. The second-order valence-electron chi connectivity index (χ2n) is 6.50. The summed E-state index contributed by atoms with van der Waals surface area (Å²) >= 11 is 3.27. The Labute approximate surface area is 142 Å². The molecule has 0 radical (unpaired) electrons. The molecular weight excluding hydrogens is 361 g/mol. The van der Waals surface area contributed by atoms with Crippen LogP contribution in [0.4, 0.5) is 4.39 Å². The molecule has 2 N–H and O–H groups in total. The molecule has 2 saturated heterocycles. The van der Waals surface area contributed by atoms with Crippen LogP contribution in [0.2, 0.25) is 0 Å². The van der Waals surface area contributed by atoms with Gasteiger partial charge in [-0.3, -0.25) is 9.69 Å². The Balaban J connectivity index is 1.54. The minimum atomic E-state index is -0.330. The van der Waals surface area contributed by atoms with Crippen molar-refractivity contribution >= 4 is 32.7 Å². The van der Waals surface area contributed by atoms with Gasteiger partial charge in [-0.25, -0.2) is 4.39 Å². The topological polar surface area (TPSA) is 48.1 Å². The standard InChI is InChI=1S/C17H19BrFN3O/c18-10-7-12(19)11-9-15(20-14(11)8-10)17(23)21-13-4-6-22-5-2-1-3-16(13)22/h7-9,13,16,20H,1-6H2,(H,21,23). The van der Waals surface area contributed by atoms with Crippen LogP contribution in [0, 0.1) is 5.82 Å². The van der Waals surface area contributed by atoms with E-state index in [1.165, 1.54) is 18.9 Å². The highest BCUT2D eigenvalue weighted by atomic mass is 79.9. The Kier molecular flexibility index (Phi) is 3.89. The third-order valence-electron chi connectivity index (χ3n) is 5.07. The molecule has 0 spiro atoms. The lowest BCUT2D eigenvalue weighted by Gasteiger charge is -2.32. The number of nitrogens with zero attached hydrogens (tertiary/aromatic N) is 1. The number of hydrogen-bond acceptors (Lipinski definition) is 2. The van der Waals surface area contributed by atoms with Crippen LogP contribution in [-0.2, 0) is 0 Å². The van der Waals surface area contributed by atoms with Gasteiger partial charge in [-0.05, 0) is 44.0 Å². The van der Waals surface area contributed by atoms with Crippen molar-refractivity contribution in [1.29, 1.82) is 0 Å². The SMILES string of the molecule is O=C(NC1CCN2CCCCC12)c1cc2c(F)cc(Br)cc2[nH]1. The van der Waals surface area contributed by atoms with Crippen molar-refractivity contribution < 1.29 is 9.18 Å². The molecule has 2 aromatic rings. The maximum atomic E-state index is 14.0. The minimum Gasteiger partial charge on any atom is -0.350 e. The summed E-state index contributed by atoms with van der Waals surface area (Å²) in [6.45, 7) is 2.20. The van der Waals surface area contributed by atoms with E-state index < -0.39 is 0 Å². The Morgan fingerprint density at radius 1 is 1.26 bits per heavy atom. The monoisotopic (exact) mass is 379 g/mol. The van der Waals surface area contributed by atoms with Gasteiger partial charge in [-0.15, -0.1) is 0 Å². The van der Waals surface area contributed by atoms with Gasteiger partial charge < -0.3 is 10.3 Å². The third-order valence-corrected chi connectivity index (χ3v) is 5.53. The number of amides is 1. The number of halogens is 2. The summed E-state index contributed by atoms with van der Waals surface area (Å²) in [5.74, 6) is -0.474. The molecular formula is C17H19BrFN3O. The lowest BCUT2D eigenvalue weighted by atomic mass is 9.99. The van der Waals surface area contributed by atoms with Crippen molar-refractivity contribution in [1.82, 2.24) is 15.2 Å². The first kappa shape index (κ1) is 15.1. The molecule has 1 amide bonds. The molecule has 2 aliphatic rings. The number of piperidine rings is 1. The summed E-state index contributed by atoms with van der Waals surface area (Å²) < 4.78 is 14.6. The number of carbonyl (C=O) groups is 1.